The van der Waals surface area contributed by atoms with E-state index in [-0.39, 0.29) is 23.6 Å². The molecule has 156 valence electrons. The lowest BCUT2D eigenvalue weighted by Gasteiger charge is -2.31. The molecular weight excluding hydrogens is 385 g/mol. The Bertz CT molecular complexity index is 1010. The first-order valence-corrected chi connectivity index (χ1v) is 10.00. The van der Waals surface area contributed by atoms with Crippen LogP contribution in [0.1, 0.15) is 35.6 Å². The van der Waals surface area contributed by atoms with Crippen molar-refractivity contribution in [3.8, 4) is 0 Å². The van der Waals surface area contributed by atoms with Crippen LogP contribution in [-0.4, -0.2) is 44.1 Å². The summed E-state index contributed by atoms with van der Waals surface area (Å²) in [4.78, 5) is 28.1. The normalized spacial score (nSPS) is 14.7. The van der Waals surface area contributed by atoms with Crippen molar-refractivity contribution in [2.24, 2.45) is 5.92 Å². The molecule has 1 aromatic carbocycles. The molecule has 2 aromatic heterocycles. The minimum absolute atomic E-state index is 0.0803. The summed E-state index contributed by atoms with van der Waals surface area (Å²) >= 11 is 0. The first-order valence-electron chi connectivity index (χ1n) is 10.00. The number of carbonyl (C=O) groups excluding carboxylic acids is 1. The molecule has 0 saturated carbocycles. The Balaban J connectivity index is 1.31. The third-order valence-corrected chi connectivity index (χ3v) is 5.17. The molecule has 8 nitrogen and oxygen atoms in total. The van der Waals surface area contributed by atoms with Crippen molar-refractivity contribution in [3.63, 3.8) is 0 Å². The second-order valence-electron chi connectivity index (χ2n) is 7.61. The van der Waals surface area contributed by atoms with Crippen LogP contribution < -0.4 is 10.2 Å². The highest BCUT2D eigenvalue weighted by Crippen LogP contribution is 2.22. The van der Waals surface area contributed by atoms with Crippen LogP contribution in [0.4, 0.5) is 16.3 Å². The van der Waals surface area contributed by atoms with Crippen molar-refractivity contribution < 1.29 is 9.18 Å². The molecule has 3 aromatic rings. The first-order chi connectivity index (χ1) is 14.5. The summed E-state index contributed by atoms with van der Waals surface area (Å²) in [5, 5.41) is 9.69. The Morgan fingerprint density at radius 1 is 1.13 bits per heavy atom. The molecule has 0 spiro atoms. The average molecular weight is 409 g/mol. The number of benzene rings is 1. The zero-order chi connectivity index (χ0) is 21.1. The average Bonchev–Trinajstić information content (AvgIpc) is 3.16. The van der Waals surface area contributed by atoms with Crippen LogP contribution in [0.5, 0.6) is 0 Å². The van der Waals surface area contributed by atoms with Gasteiger partial charge >= 0.3 is 0 Å². The third-order valence-electron chi connectivity index (χ3n) is 5.17. The van der Waals surface area contributed by atoms with Crippen LogP contribution in [0.25, 0.3) is 0 Å². The van der Waals surface area contributed by atoms with E-state index in [0.717, 1.165) is 48.8 Å². The summed E-state index contributed by atoms with van der Waals surface area (Å²) in [5.41, 5.74) is 2.79. The van der Waals surface area contributed by atoms with Gasteiger partial charge in [-0.25, -0.2) is 14.4 Å². The van der Waals surface area contributed by atoms with Gasteiger partial charge in [0.2, 0.25) is 17.8 Å². The van der Waals surface area contributed by atoms with Crippen molar-refractivity contribution in [3.05, 3.63) is 58.9 Å². The highest BCUT2D eigenvalue weighted by Gasteiger charge is 2.27. The van der Waals surface area contributed by atoms with Gasteiger partial charge in [-0.15, -0.1) is 5.10 Å². The maximum atomic E-state index is 13.0. The van der Waals surface area contributed by atoms with Gasteiger partial charge in [0.1, 0.15) is 11.6 Å². The van der Waals surface area contributed by atoms with E-state index < -0.39 is 0 Å². The second-order valence-corrected chi connectivity index (χ2v) is 7.61. The molecule has 4 rings (SSSR count). The quantitative estimate of drug-likeness (QED) is 0.672. The lowest BCUT2D eigenvalue weighted by atomic mass is 9.96. The zero-order valence-electron chi connectivity index (χ0n) is 17.0. The number of hydrogen-bond donors (Lipinski definition) is 2. The van der Waals surface area contributed by atoms with Gasteiger partial charge in [0.05, 0.1) is 0 Å². The number of aryl methyl sites for hydroxylation is 2. The number of amides is 1. The number of aromatic amines is 1. The Morgan fingerprint density at radius 3 is 2.47 bits per heavy atom. The van der Waals surface area contributed by atoms with Crippen molar-refractivity contribution in [2.75, 3.05) is 23.3 Å². The summed E-state index contributed by atoms with van der Waals surface area (Å²) in [6, 6.07) is 8.16. The maximum Gasteiger partial charge on any atom is 0.248 e. The predicted molar refractivity (Wildman–Crippen MR) is 111 cm³/mol. The maximum absolute atomic E-state index is 13.0. The Morgan fingerprint density at radius 2 is 1.80 bits per heavy atom. The number of hydrogen-bond acceptors (Lipinski definition) is 6. The summed E-state index contributed by atoms with van der Waals surface area (Å²) in [6.07, 6.45) is 1.92. The van der Waals surface area contributed by atoms with E-state index >= 15 is 0 Å². The fourth-order valence-electron chi connectivity index (χ4n) is 3.63. The Kier molecular flexibility index (Phi) is 5.69. The van der Waals surface area contributed by atoms with E-state index in [2.05, 4.69) is 35.4 Å². The predicted octanol–water partition coefficient (Wildman–Crippen LogP) is 2.80. The lowest BCUT2D eigenvalue weighted by molar-refractivity contribution is -0.120. The molecule has 30 heavy (non-hydrogen) atoms. The molecule has 1 aliphatic heterocycles. The second kappa shape index (κ2) is 8.56. The summed E-state index contributed by atoms with van der Waals surface area (Å²) < 4.78 is 13.0. The van der Waals surface area contributed by atoms with Crippen LogP contribution in [0, 0.1) is 25.6 Å². The SMILES string of the molecule is Cc1cc(C)nc(N2CCC(C(=O)Nc3n[nH]c(Cc4ccc(F)cc4)n3)CC2)n1. The van der Waals surface area contributed by atoms with Crippen LogP contribution in [-0.2, 0) is 11.2 Å². The number of carbonyl (C=O) groups is 1. The van der Waals surface area contributed by atoms with Gasteiger partial charge in [0, 0.05) is 36.8 Å². The Labute approximate surface area is 174 Å². The molecular formula is C21H24FN7O. The number of piperidine rings is 1. The van der Waals surface area contributed by atoms with Crippen molar-refractivity contribution in [1.29, 1.82) is 0 Å². The van der Waals surface area contributed by atoms with Crippen LogP contribution >= 0.6 is 0 Å². The number of halogens is 1. The molecule has 0 radical (unpaired) electrons. The molecule has 0 bridgehead atoms. The third kappa shape index (κ3) is 4.79. The molecule has 1 fully saturated rings. The van der Waals surface area contributed by atoms with Gasteiger partial charge < -0.3 is 4.90 Å². The van der Waals surface area contributed by atoms with Gasteiger partial charge in [-0.05, 0) is 50.5 Å². The molecule has 9 heteroatoms. The smallest absolute Gasteiger partial charge is 0.248 e. The fraction of sp³-hybridized carbons (Fsp3) is 0.381. The number of anilines is 2. The minimum Gasteiger partial charge on any atom is -0.341 e. The van der Waals surface area contributed by atoms with Gasteiger partial charge in [-0.2, -0.15) is 4.98 Å². The number of aromatic nitrogens is 5. The van der Waals surface area contributed by atoms with E-state index in [0.29, 0.717) is 12.2 Å². The van der Waals surface area contributed by atoms with Crippen LogP contribution in [0.15, 0.2) is 30.3 Å². The number of rotatable bonds is 5. The molecule has 0 aliphatic carbocycles. The largest absolute Gasteiger partial charge is 0.341 e. The minimum atomic E-state index is -0.278. The highest BCUT2D eigenvalue weighted by molar-refractivity contribution is 5.91. The first kappa shape index (κ1) is 19.9. The topological polar surface area (TPSA) is 99.7 Å². The number of nitrogens with one attached hydrogen (secondary N) is 2. The summed E-state index contributed by atoms with van der Waals surface area (Å²) in [6.45, 7) is 5.37. The summed E-state index contributed by atoms with van der Waals surface area (Å²) in [7, 11) is 0. The molecule has 1 aliphatic rings. The lowest BCUT2D eigenvalue weighted by Crippen LogP contribution is -2.39. The molecule has 0 unspecified atom stereocenters. The molecule has 1 saturated heterocycles. The van der Waals surface area contributed by atoms with E-state index in [1.54, 1.807) is 12.1 Å². The van der Waals surface area contributed by atoms with Gasteiger partial charge in [0.25, 0.3) is 0 Å². The highest BCUT2D eigenvalue weighted by atomic mass is 19.1. The molecule has 0 atom stereocenters. The number of nitrogens with zero attached hydrogens (tertiary/aromatic N) is 5. The van der Waals surface area contributed by atoms with E-state index in [9.17, 15) is 9.18 Å². The monoisotopic (exact) mass is 409 g/mol. The molecule has 1 amide bonds. The molecule has 3 heterocycles. The van der Waals surface area contributed by atoms with E-state index in [4.69, 9.17) is 0 Å². The Hall–Kier alpha value is -3.36. The van der Waals surface area contributed by atoms with Crippen molar-refractivity contribution in [1.82, 2.24) is 25.1 Å². The van der Waals surface area contributed by atoms with Crippen LogP contribution in [0.3, 0.4) is 0 Å². The van der Waals surface area contributed by atoms with E-state index in [1.807, 2.05) is 19.9 Å². The van der Waals surface area contributed by atoms with Gasteiger partial charge in [0.15, 0.2) is 0 Å². The fourth-order valence-corrected chi connectivity index (χ4v) is 3.63. The van der Waals surface area contributed by atoms with Crippen LogP contribution in [0.2, 0.25) is 0 Å². The van der Waals surface area contributed by atoms with Gasteiger partial charge in [-0.1, -0.05) is 12.1 Å². The van der Waals surface area contributed by atoms with Gasteiger partial charge in [-0.3, -0.25) is 15.2 Å². The zero-order valence-corrected chi connectivity index (χ0v) is 17.0. The van der Waals surface area contributed by atoms with E-state index in [1.165, 1.54) is 12.1 Å². The number of H-pyrrole nitrogens is 1. The standard InChI is InChI=1S/C21H24FN7O/c1-13-11-14(2)24-21(23-13)29-9-7-16(8-10-29)19(30)26-20-25-18(27-28-20)12-15-3-5-17(22)6-4-15/h3-6,11,16H,7-10,12H2,1-2H3,(H2,25,26,27,28,30). The summed E-state index contributed by atoms with van der Waals surface area (Å²) in [5.74, 6) is 1.13. The van der Waals surface area contributed by atoms with Crippen molar-refractivity contribution in [2.45, 2.75) is 33.1 Å². The molecule has 2 N–H and O–H groups in total. The van der Waals surface area contributed by atoms with Crippen molar-refractivity contribution >= 4 is 17.8 Å².